The zero-order valence-electron chi connectivity index (χ0n) is 9.29. The number of aryl methyl sites for hydroxylation is 1. The first-order valence-electron chi connectivity index (χ1n) is 5.21. The van der Waals surface area contributed by atoms with Crippen LogP contribution in [0.15, 0.2) is 29.1 Å². The molecule has 0 saturated heterocycles. The van der Waals surface area contributed by atoms with Gasteiger partial charge >= 0.3 is 0 Å². The van der Waals surface area contributed by atoms with E-state index in [-0.39, 0.29) is 5.56 Å². The third-order valence-corrected chi connectivity index (χ3v) is 2.74. The van der Waals surface area contributed by atoms with Gasteiger partial charge in [-0.15, -0.1) is 0 Å². The molecule has 0 aliphatic carbocycles. The lowest BCUT2D eigenvalue weighted by atomic mass is 9.99. The Kier molecular flexibility index (Phi) is 2.35. The Hall–Kier alpha value is -1.57. The molecule has 0 amide bonds. The Morgan fingerprint density at radius 3 is 2.60 bits per heavy atom. The number of aromatic nitrogens is 1. The lowest BCUT2D eigenvalue weighted by Crippen LogP contribution is -2.05. The van der Waals surface area contributed by atoms with Crippen molar-refractivity contribution in [3.63, 3.8) is 0 Å². The summed E-state index contributed by atoms with van der Waals surface area (Å²) in [4.78, 5) is 14.1. The van der Waals surface area contributed by atoms with Gasteiger partial charge < -0.3 is 4.98 Å². The molecular weight excluding hydrogens is 186 g/mol. The van der Waals surface area contributed by atoms with Gasteiger partial charge in [0.05, 0.1) is 0 Å². The maximum Gasteiger partial charge on any atom is 0.248 e. The summed E-state index contributed by atoms with van der Waals surface area (Å²) in [5.41, 5.74) is 3.23. The van der Waals surface area contributed by atoms with E-state index in [9.17, 15) is 4.79 Å². The zero-order valence-corrected chi connectivity index (χ0v) is 9.29. The second-order valence-corrected chi connectivity index (χ2v) is 4.28. The van der Waals surface area contributed by atoms with E-state index >= 15 is 0 Å². The first-order chi connectivity index (χ1) is 7.08. The maximum atomic E-state index is 11.3. The Labute approximate surface area is 89.0 Å². The van der Waals surface area contributed by atoms with Gasteiger partial charge in [0, 0.05) is 17.0 Å². The number of H-pyrrole nitrogens is 1. The van der Waals surface area contributed by atoms with E-state index in [0.717, 1.165) is 16.5 Å². The molecular formula is C13H15NO. The zero-order chi connectivity index (χ0) is 11.0. The number of pyridine rings is 1. The first-order valence-corrected chi connectivity index (χ1v) is 5.21. The monoisotopic (exact) mass is 201 g/mol. The number of fused-ring (bicyclic) bond motifs is 1. The van der Waals surface area contributed by atoms with Crippen LogP contribution in [-0.2, 0) is 0 Å². The van der Waals surface area contributed by atoms with Crippen LogP contribution in [0.1, 0.15) is 30.9 Å². The summed E-state index contributed by atoms with van der Waals surface area (Å²) >= 11 is 0. The fourth-order valence-corrected chi connectivity index (χ4v) is 1.80. The lowest BCUT2D eigenvalue weighted by molar-refractivity contribution is 0.868. The van der Waals surface area contributed by atoms with Crippen molar-refractivity contribution < 1.29 is 0 Å². The van der Waals surface area contributed by atoms with Crippen LogP contribution in [0.25, 0.3) is 10.9 Å². The number of aromatic amines is 1. The van der Waals surface area contributed by atoms with E-state index in [4.69, 9.17) is 0 Å². The van der Waals surface area contributed by atoms with Gasteiger partial charge in [0.1, 0.15) is 0 Å². The van der Waals surface area contributed by atoms with Gasteiger partial charge in [-0.3, -0.25) is 4.79 Å². The molecule has 15 heavy (non-hydrogen) atoms. The summed E-state index contributed by atoms with van der Waals surface area (Å²) in [6.45, 7) is 6.31. The van der Waals surface area contributed by atoms with Gasteiger partial charge in [-0.05, 0) is 36.1 Å². The van der Waals surface area contributed by atoms with Crippen LogP contribution in [0.3, 0.4) is 0 Å². The molecule has 0 aliphatic heterocycles. The molecule has 1 heterocycles. The van der Waals surface area contributed by atoms with E-state index in [1.807, 2.05) is 13.0 Å². The predicted octanol–water partition coefficient (Wildman–Crippen LogP) is 2.96. The van der Waals surface area contributed by atoms with Crippen molar-refractivity contribution in [1.29, 1.82) is 0 Å². The van der Waals surface area contributed by atoms with E-state index in [1.54, 1.807) is 6.07 Å². The number of hydrogen-bond donors (Lipinski definition) is 1. The summed E-state index contributed by atoms with van der Waals surface area (Å²) in [6.07, 6.45) is 0. The SMILES string of the molecule is Cc1cc(=O)[nH]c2ccc(C(C)C)cc12. The Morgan fingerprint density at radius 2 is 1.93 bits per heavy atom. The smallest absolute Gasteiger partial charge is 0.248 e. The van der Waals surface area contributed by atoms with Crippen molar-refractivity contribution in [3.8, 4) is 0 Å². The number of hydrogen-bond acceptors (Lipinski definition) is 1. The van der Waals surface area contributed by atoms with Crippen LogP contribution in [0.2, 0.25) is 0 Å². The lowest BCUT2D eigenvalue weighted by Gasteiger charge is -2.08. The molecule has 2 aromatic rings. The number of rotatable bonds is 1. The quantitative estimate of drug-likeness (QED) is 0.756. The van der Waals surface area contributed by atoms with Crippen molar-refractivity contribution in [2.45, 2.75) is 26.7 Å². The summed E-state index contributed by atoms with van der Waals surface area (Å²) in [5.74, 6) is 0.515. The van der Waals surface area contributed by atoms with Crippen LogP contribution < -0.4 is 5.56 Å². The van der Waals surface area contributed by atoms with Crippen molar-refractivity contribution >= 4 is 10.9 Å². The minimum Gasteiger partial charge on any atom is -0.322 e. The topological polar surface area (TPSA) is 32.9 Å². The molecule has 0 aliphatic rings. The molecule has 0 bridgehead atoms. The second-order valence-electron chi connectivity index (χ2n) is 4.28. The van der Waals surface area contributed by atoms with Gasteiger partial charge in [0.15, 0.2) is 0 Å². The molecule has 2 heteroatoms. The van der Waals surface area contributed by atoms with Crippen LogP contribution >= 0.6 is 0 Å². The molecule has 1 N–H and O–H groups in total. The van der Waals surface area contributed by atoms with Crippen molar-refractivity contribution in [3.05, 3.63) is 45.7 Å². The molecule has 0 spiro atoms. The van der Waals surface area contributed by atoms with Gasteiger partial charge in [0.25, 0.3) is 0 Å². The Morgan fingerprint density at radius 1 is 1.20 bits per heavy atom. The highest BCUT2D eigenvalue weighted by Crippen LogP contribution is 2.21. The van der Waals surface area contributed by atoms with E-state index < -0.39 is 0 Å². The molecule has 0 radical (unpaired) electrons. The molecule has 1 aromatic carbocycles. The third-order valence-electron chi connectivity index (χ3n) is 2.74. The van der Waals surface area contributed by atoms with Crippen molar-refractivity contribution in [2.24, 2.45) is 0 Å². The minimum atomic E-state index is -0.0303. The summed E-state index contributed by atoms with van der Waals surface area (Å²) < 4.78 is 0. The van der Waals surface area contributed by atoms with Crippen LogP contribution in [0, 0.1) is 6.92 Å². The van der Waals surface area contributed by atoms with E-state index in [0.29, 0.717) is 5.92 Å². The molecule has 0 fully saturated rings. The predicted molar refractivity (Wildman–Crippen MR) is 63.4 cm³/mol. The highest BCUT2D eigenvalue weighted by Gasteiger charge is 2.03. The fourth-order valence-electron chi connectivity index (χ4n) is 1.80. The average Bonchev–Trinajstić information content (AvgIpc) is 2.16. The Balaban J connectivity index is 2.77. The van der Waals surface area contributed by atoms with Crippen molar-refractivity contribution in [2.75, 3.05) is 0 Å². The molecule has 78 valence electrons. The summed E-state index contributed by atoms with van der Waals surface area (Å²) in [6, 6.07) is 7.86. The number of benzene rings is 1. The largest absolute Gasteiger partial charge is 0.322 e. The Bertz CT molecular complexity index is 552. The van der Waals surface area contributed by atoms with Gasteiger partial charge in [-0.2, -0.15) is 0 Å². The summed E-state index contributed by atoms with van der Waals surface area (Å²) in [7, 11) is 0. The van der Waals surface area contributed by atoms with Gasteiger partial charge in [-0.1, -0.05) is 19.9 Å². The van der Waals surface area contributed by atoms with E-state index in [1.165, 1.54) is 5.56 Å². The van der Waals surface area contributed by atoms with E-state index in [2.05, 4.69) is 31.0 Å². The third kappa shape index (κ3) is 1.80. The number of nitrogens with one attached hydrogen (secondary N) is 1. The highest BCUT2D eigenvalue weighted by atomic mass is 16.1. The average molecular weight is 201 g/mol. The normalized spacial score (nSPS) is 11.2. The van der Waals surface area contributed by atoms with Gasteiger partial charge in [0.2, 0.25) is 5.56 Å². The fraction of sp³-hybridized carbons (Fsp3) is 0.308. The molecule has 0 unspecified atom stereocenters. The molecule has 0 saturated carbocycles. The summed E-state index contributed by atoms with van der Waals surface area (Å²) in [5, 5.41) is 1.14. The molecule has 2 rings (SSSR count). The highest BCUT2D eigenvalue weighted by molar-refractivity contribution is 5.82. The van der Waals surface area contributed by atoms with Crippen LogP contribution in [-0.4, -0.2) is 4.98 Å². The van der Waals surface area contributed by atoms with Crippen LogP contribution in [0.5, 0.6) is 0 Å². The standard InChI is InChI=1S/C13H15NO/c1-8(2)10-4-5-12-11(7-10)9(3)6-13(15)14-12/h4-8H,1-3H3,(H,14,15). The molecule has 2 nitrogen and oxygen atoms in total. The molecule has 1 aromatic heterocycles. The second kappa shape index (κ2) is 3.54. The van der Waals surface area contributed by atoms with Crippen molar-refractivity contribution in [1.82, 2.24) is 4.98 Å². The van der Waals surface area contributed by atoms with Gasteiger partial charge in [-0.25, -0.2) is 0 Å². The molecule has 0 atom stereocenters. The van der Waals surface area contributed by atoms with Crippen LogP contribution in [0.4, 0.5) is 0 Å². The first kappa shape index (κ1) is 9.97. The minimum absolute atomic E-state index is 0.0303. The maximum absolute atomic E-state index is 11.3.